The van der Waals surface area contributed by atoms with Gasteiger partial charge in [-0.2, -0.15) is 0 Å². The molecule has 150 valence electrons. The van der Waals surface area contributed by atoms with Gasteiger partial charge in [-0.3, -0.25) is 4.99 Å². The van der Waals surface area contributed by atoms with Crippen LogP contribution in [-0.4, -0.2) is 39.6 Å². The number of benzene rings is 2. The number of ether oxygens (including phenoxy) is 3. The molecule has 2 aromatic carbocycles. The highest BCUT2D eigenvalue weighted by Gasteiger charge is 2.18. The van der Waals surface area contributed by atoms with Gasteiger partial charge < -0.3 is 23.5 Å². The third-order valence-electron chi connectivity index (χ3n) is 4.46. The minimum Gasteiger partial charge on any atom is -0.497 e. The zero-order valence-electron chi connectivity index (χ0n) is 16.0. The number of aliphatic imine (C=N–C) groups is 1. The molecule has 1 saturated heterocycles. The molecule has 7 heteroatoms. The zero-order valence-corrected chi connectivity index (χ0v) is 17.6. The fraction of sp³-hybridized carbons (Fsp3) is 0.227. The molecule has 0 radical (unpaired) electrons. The molecule has 0 N–H and O–H groups in total. The maximum atomic E-state index is 5.94. The summed E-state index contributed by atoms with van der Waals surface area (Å²) in [6.07, 6.45) is 1.72. The number of hydrogen-bond acceptors (Lipinski definition) is 6. The van der Waals surface area contributed by atoms with Gasteiger partial charge in [0, 0.05) is 19.2 Å². The van der Waals surface area contributed by atoms with Crippen LogP contribution in [0.15, 0.2) is 68.5 Å². The van der Waals surface area contributed by atoms with Crippen molar-refractivity contribution in [1.29, 1.82) is 0 Å². The van der Waals surface area contributed by atoms with Gasteiger partial charge in [0.15, 0.2) is 0 Å². The molecule has 2 heterocycles. The second kappa shape index (κ2) is 9.15. The van der Waals surface area contributed by atoms with E-state index in [9.17, 15) is 0 Å². The number of hydrogen-bond donors (Lipinski definition) is 0. The predicted octanol–water partition coefficient (Wildman–Crippen LogP) is 5.43. The average Bonchev–Trinajstić information content (AvgIpc) is 3.15. The molecule has 0 amide bonds. The smallest absolute Gasteiger partial charge is 0.210 e. The highest BCUT2D eigenvalue weighted by atomic mass is 79.9. The SMILES string of the molecule is COc1ccc(Oc2ccc(N=Cc3cc(Br)c(N4CCOCC4)o3)cc2)cc1. The lowest BCUT2D eigenvalue weighted by Crippen LogP contribution is -2.36. The first kappa shape index (κ1) is 19.5. The van der Waals surface area contributed by atoms with Crippen molar-refractivity contribution in [2.45, 2.75) is 0 Å². The molecule has 1 aromatic heterocycles. The third kappa shape index (κ3) is 4.99. The van der Waals surface area contributed by atoms with Gasteiger partial charge in [-0.1, -0.05) is 0 Å². The van der Waals surface area contributed by atoms with E-state index in [1.165, 1.54) is 0 Å². The van der Waals surface area contributed by atoms with Crippen LogP contribution in [0.1, 0.15) is 5.76 Å². The molecule has 0 atom stereocenters. The minimum atomic E-state index is 0.692. The van der Waals surface area contributed by atoms with Crippen LogP contribution in [-0.2, 0) is 4.74 Å². The van der Waals surface area contributed by atoms with Crippen LogP contribution in [0.5, 0.6) is 17.2 Å². The Bertz CT molecular complexity index is 961. The molecule has 0 aliphatic carbocycles. The monoisotopic (exact) mass is 456 g/mol. The van der Waals surface area contributed by atoms with Gasteiger partial charge in [0.05, 0.1) is 36.7 Å². The maximum Gasteiger partial charge on any atom is 0.210 e. The predicted molar refractivity (Wildman–Crippen MR) is 116 cm³/mol. The van der Waals surface area contributed by atoms with E-state index in [1.54, 1.807) is 13.3 Å². The van der Waals surface area contributed by atoms with Crippen LogP contribution in [0.4, 0.5) is 11.6 Å². The lowest BCUT2D eigenvalue weighted by atomic mass is 10.3. The van der Waals surface area contributed by atoms with Crippen molar-refractivity contribution in [3.05, 3.63) is 64.8 Å². The van der Waals surface area contributed by atoms with Gasteiger partial charge in [-0.25, -0.2) is 0 Å². The van der Waals surface area contributed by atoms with E-state index >= 15 is 0 Å². The van der Waals surface area contributed by atoms with Gasteiger partial charge >= 0.3 is 0 Å². The maximum absolute atomic E-state index is 5.94. The van der Waals surface area contributed by atoms with Crippen molar-refractivity contribution in [2.75, 3.05) is 38.3 Å². The molecule has 0 unspecified atom stereocenters. The van der Waals surface area contributed by atoms with E-state index in [2.05, 4.69) is 25.8 Å². The van der Waals surface area contributed by atoms with Crippen molar-refractivity contribution in [3.63, 3.8) is 0 Å². The number of rotatable bonds is 6. The number of methoxy groups -OCH3 is 1. The summed E-state index contributed by atoms with van der Waals surface area (Å²) in [5.41, 5.74) is 0.813. The van der Waals surface area contributed by atoms with Crippen molar-refractivity contribution < 1.29 is 18.6 Å². The van der Waals surface area contributed by atoms with E-state index < -0.39 is 0 Å². The largest absolute Gasteiger partial charge is 0.497 e. The van der Waals surface area contributed by atoms with E-state index in [1.807, 2.05) is 54.6 Å². The summed E-state index contributed by atoms with van der Waals surface area (Å²) in [5.74, 6) is 3.79. The standard InChI is InChI=1S/C22H21BrN2O4/c1-26-17-6-8-19(9-7-17)28-18-4-2-16(3-5-18)24-15-20-14-21(23)22(29-20)25-10-12-27-13-11-25/h2-9,14-15H,10-13H2,1H3. The highest BCUT2D eigenvalue weighted by Crippen LogP contribution is 2.31. The fourth-order valence-electron chi connectivity index (χ4n) is 2.94. The summed E-state index contributed by atoms with van der Waals surface area (Å²) in [4.78, 5) is 6.65. The first-order chi connectivity index (χ1) is 14.2. The van der Waals surface area contributed by atoms with E-state index in [-0.39, 0.29) is 0 Å². The van der Waals surface area contributed by atoms with Gasteiger partial charge in [0.1, 0.15) is 23.0 Å². The van der Waals surface area contributed by atoms with Gasteiger partial charge in [-0.15, -0.1) is 0 Å². The molecule has 1 aliphatic rings. The number of nitrogens with zero attached hydrogens (tertiary/aromatic N) is 2. The van der Waals surface area contributed by atoms with Crippen molar-refractivity contribution in [2.24, 2.45) is 4.99 Å². The molecule has 0 saturated carbocycles. The van der Waals surface area contributed by atoms with Crippen molar-refractivity contribution in [1.82, 2.24) is 0 Å². The Morgan fingerprint density at radius 3 is 2.24 bits per heavy atom. The molecule has 4 rings (SSSR count). The second-order valence-electron chi connectivity index (χ2n) is 6.43. The molecule has 29 heavy (non-hydrogen) atoms. The van der Waals surface area contributed by atoms with E-state index in [4.69, 9.17) is 18.6 Å². The number of morpholine rings is 1. The Kier molecular flexibility index (Phi) is 6.17. The highest BCUT2D eigenvalue weighted by molar-refractivity contribution is 9.10. The quantitative estimate of drug-likeness (QED) is 0.462. The molecule has 3 aromatic rings. The van der Waals surface area contributed by atoms with Gasteiger partial charge in [-0.05, 0) is 64.5 Å². The molecule has 0 bridgehead atoms. The van der Waals surface area contributed by atoms with Crippen LogP contribution < -0.4 is 14.4 Å². The average molecular weight is 457 g/mol. The summed E-state index contributed by atoms with van der Waals surface area (Å²) >= 11 is 3.57. The molecule has 1 aliphatic heterocycles. The molecule has 1 fully saturated rings. The summed E-state index contributed by atoms with van der Waals surface area (Å²) in [6, 6.07) is 16.9. The van der Waals surface area contributed by atoms with Crippen LogP contribution in [0, 0.1) is 0 Å². The second-order valence-corrected chi connectivity index (χ2v) is 7.29. The number of halogens is 1. The Hall–Kier alpha value is -2.77. The third-order valence-corrected chi connectivity index (χ3v) is 5.03. The Labute approximate surface area is 177 Å². The topological polar surface area (TPSA) is 56.4 Å². The molecule has 6 nitrogen and oxygen atoms in total. The molecular weight excluding hydrogens is 436 g/mol. The summed E-state index contributed by atoms with van der Waals surface area (Å²) in [5, 5.41) is 0. The molecular formula is C22H21BrN2O4. The summed E-state index contributed by atoms with van der Waals surface area (Å²) in [6.45, 7) is 3.06. The first-order valence-electron chi connectivity index (χ1n) is 9.29. The van der Waals surface area contributed by atoms with E-state index in [0.29, 0.717) is 19.0 Å². The van der Waals surface area contributed by atoms with Crippen molar-refractivity contribution >= 4 is 33.7 Å². The molecule has 0 spiro atoms. The normalized spacial score (nSPS) is 14.3. The summed E-state index contributed by atoms with van der Waals surface area (Å²) < 4.78 is 23.2. The first-order valence-corrected chi connectivity index (χ1v) is 10.1. The fourth-order valence-corrected chi connectivity index (χ4v) is 3.50. The number of furan rings is 1. The zero-order chi connectivity index (χ0) is 20.1. The Balaban J connectivity index is 1.39. The van der Waals surface area contributed by atoms with Crippen LogP contribution in [0.3, 0.4) is 0 Å². The Morgan fingerprint density at radius 1 is 0.966 bits per heavy atom. The summed E-state index contributed by atoms with van der Waals surface area (Å²) in [7, 11) is 1.64. The van der Waals surface area contributed by atoms with Gasteiger partial charge in [0.2, 0.25) is 5.88 Å². The van der Waals surface area contributed by atoms with Crippen LogP contribution >= 0.6 is 15.9 Å². The Morgan fingerprint density at radius 2 is 1.59 bits per heavy atom. The minimum absolute atomic E-state index is 0.692. The lowest BCUT2D eigenvalue weighted by Gasteiger charge is -2.26. The van der Waals surface area contributed by atoms with Crippen LogP contribution in [0.25, 0.3) is 0 Å². The van der Waals surface area contributed by atoms with Crippen molar-refractivity contribution in [3.8, 4) is 17.2 Å². The van der Waals surface area contributed by atoms with Gasteiger partial charge in [0.25, 0.3) is 0 Å². The number of anilines is 1. The van der Waals surface area contributed by atoms with E-state index in [0.717, 1.165) is 46.4 Å². The van der Waals surface area contributed by atoms with Crippen LogP contribution in [0.2, 0.25) is 0 Å². The lowest BCUT2D eigenvalue weighted by molar-refractivity contribution is 0.120.